The Morgan fingerprint density at radius 2 is 2.35 bits per heavy atom. The molecule has 0 aromatic carbocycles. The Kier molecular flexibility index (Phi) is 6.15. The summed E-state index contributed by atoms with van der Waals surface area (Å²) in [4.78, 5) is 16.0. The van der Waals surface area contributed by atoms with Crippen molar-refractivity contribution in [2.24, 2.45) is 5.92 Å². The standard InChI is InChI=1S/C12H21N3OS/c1-4-13-7-9(2)12(16)14-6-5-11-15-10(3)8-17-11/h8-9,13H,4-7H2,1-3H3,(H,14,16). The van der Waals surface area contributed by atoms with Gasteiger partial charge in [0.05, 0.1) is 5.01 Å². The van der Waals surface area contributed by atoms with E-state index in [-0.39, 0.29) is 11.8 Å². The van der Waals surface area contributed by atoms with Crippen LogP contribution in [0.15, 0.2) is 5.38 Å². The Labute approximate surface area is 107 Å². The van der Waals surface area contributed by atoms with E-state index < -0.39 is 0 Å². The van der Waals surface area contributed by atoms with Crippen LogP contribution in [0.4, 0.5) is 0 Å². The highest BCUT2D eigenvalue weighted by Gasteiger charge is 2.11. The molecule has 1 amide bonds. The summed E-state index contributed by atoms with van der Waals surface area (Å²) in [6.07, 6.45) is 0.818. The highest BCUT2D eigenvalue weighted by atomic mass is 32.1. The maximum atomic E-state index is 11.7. The first-order valence-electron chi connectivity index (χ1n) is 6.03. The van der Waals surface area contributed by atoms with E-state index >= 15 is 0 Å². The molecule has 1 rings (SSSR count). The van der Waals surface area contributed by atoms with Crippen LogP contribution in [-0.2, 0) is 11.2 Å². The Bertz CT molecular complexity index is 351. The molecule has 0 aliphatic carbocycles. The number of carbonyl (C=O) groups excluding carboxylic acids is 1. The van der Waals surface area contributed by atoms with Crippen molar-refractivity contribution in [2.75, 3.05) is 19.6 Å². The summed E-state index contributed by atoms with van der Waals surface area (Å²) >= 11 is 1.65. The maximum Gasteiger partial charge on any atom is 0.224 e. The number of thiazole rings is 1. The third kappa shape index (κ3) is 5.28. The fraction of sp³-hybridized carbons (Fsp3) is 0.667. The number of rotatable bonds is 7. The summed E-state index contributed by atoms with van der Waals surface area (Å²) in [5, 5.41) is 9.22. The zero-order valence-corrected chi connectivity index (χ0v) is 11.6. The molecule has 1 aromatic rings. The third-order valence-electron chi connectivity index (χ3n) is 2.45. The Morgan fingerprint density at radius 1 is 1.59 bits per heavy atom. The van der Waals surface area contributed by atoms with Gasteiger partial charge in [0.25, 0.3) is 0 Å². The van der Waals surface area contributed by atoms with Gasteiger partial charge < -0.3 is 10.6 Å². The molecule has 1 aromatic heterocycles. The number of hydrogen-bond acceptors (Lipinski definition) is 4. The molecule has 0 radical (unpaired) electrons. The van der Waals surface area contributed by atoms with Gasteiger partial charge in [0.15, 0.2) is 0 Å². The van der Waals surface area contributed by atoms with Crippen LogP contribution in [0, 0.1) is 12.8 Å². The predicted octanol–water partition coefficient (Wildman–Crippen LogP) is 1.36. The van der Waals surface area contributed by atoms with Gasteiger partial charge in [-0.05, 0) is 13.5 Å². The van der Waals surface area contributed by atoms with Gasteiger partial charge in [0.1, 0.15) is 0 Å². The lowest BCUT2D eigenvalue weighted by Gasteiger charge is -2.11. The smallest absolute Gasteiger partial charge is 0.224 e. The first-order valence-corrected chi connectivity index (χ1v) is 6.91. The van der Waals surface area contributed by atoms with Crippen LogP contribution in [0.25, 0.3) is 0 Å². The van der Waals surface area contributed by atoms with Crippen molar-refractivity contribution in [3.8, 4) is 0 Å². The topological polar surface area (TPSA) is 54.0 Å². The lowest BCUT2D eigenvalue weighted by atomic mass is 10.1. The molecule has 0 fully saturated rings. The molecular weight excluding hydrogens is 234 g/mol. The van der Waals surface area contributed by atoms with E-state index in [1.807, 2.05) is 26.2 Å². The molecule has 1 atom stereocenters. The molecule has 0 aliphatic heterocycles. The molecular formula is C12H21N3OS. The summed E-state index contributed by atoms with van der Waals surface area (Å²) < 4.78 is 0. The van der Waals surface area contributed by atoms with Crippen LogP contribution >= 0.6 is 11.3 Å². The van der Waals surface area contributed by atoms with Gasteiger partial charge in [-0.15, -0.1) is 11.3 Å². The molecule has 17 heavy (non-hydrogen) atoms. The van der Waals surface area contributed by atoms with E-state index in [4.69, 9.17) is 0 Å². The summed E-state index contributed by atoms with van der Waals surface area (Å²) in [6.45, 7) is 8.26. The van der Waals surface area contributed by atoms with Crippen LogP contribution in [0.3, 0.4) is 0 Å². The van der Waals surface area contributed by atoms with E-state index in [1.54, 1.807) is 11.3 Å². The fourth-order valence-electron chi connectivity index (χ4n) is 1.44. The second-order valence-corrected chi connectivity index (χ2v) is 5.08. The third-order valence-corrected chi connectivity index (χ3v) is 3.48. The largest absolute Gasteiger partial charge is 0.355 e. The lowest BCUT2D eigenvalue weighted by molar-refractivity contribution is -0.124. The summed E-state index contributed by atoms with van der Waals surface area (Å²) in [7, 11) is 0. The molecule has 0 saturated heterocycles. The first kappa shape index (κ1) is 14.1. The second kappa shape index (κ2) is 7.40. The molecule has 0 aliphatic rings. The van der Waals surface area contributed by atoms with E-state index in [1.165, 1.54) is 0 Å². The first-order chi connectivity index (χ1) is 8.13. The predicted molar refractivity (Wildman–Crippen MR) is 71.3 cm³/mol. The van der Waals surface area contributed by atoms with Crippen molar-refractivity contribution in [1.82, 2.24) is 15.6 Å². The number of hydrogen-bond donors (Lipinski definition) is 2. The van der Waals surface area contributed by atoms with E-state index in [0.29, 0.717) is 6.54 Å². The Hall–Kier alpha value is -0.940. The molecule has 1 unspecified atom stereocenters. The van der Waals surface area contributed by atoms with Crippen LogP contribution in [0.1, 0.15) is 24.5 Å². The zero-order chi connectivity index (χ0) is 12.7. The van der Waals surface area contributed by atoms with Gasteiger partial charge >= 0.3 is 0 Å². The average Bonchev–Trinajstić information content (AvgIpc) is 2.71. The fourth-order valence-corrected chi connectivity index (χ4v) is 2.21. The molecule has 0 bridgehead atoms. The van der Waals surface area contributed by atoms with Crippen molar-refractivity contribution in [2.45, 2.75) is 27.2 Å². The SMILES string of the molecule is CCNCC(C)C(=O)NCCc1nc(C)cs1. The van der Waals surface area contributed by atoms with Crippen LogP contribution in [-0.4, -0.2) is 30.5 Å². The minimum atomic E-state index is 0.0213. The lowest BCUT2D eigenvalue weighted by Crippen LogP contribution is -2.36. The van der Waals surface area contributed by atoms with Crippen LogP contribution in [0.2, 0.25) is 0 Å². The molecule has 0 saturated carbocycles. The minimum Gasteiger partial charge on any atom is -0.355 e. The second-order valence-electron chi connectivity index (χ2n) is 4.13. The van der Waals surface area contributed by atoms with E-state index in [0.717, 1.165) is 30.2 Å². The molecule has 2 N–H and O–H groups in total. The highest BCUT2D eigenvalue weighted by molar-refractivity contribution is 7.09. The van der Waals surface area contributed by atoms with Gasteiger partial charge in [-0.2, -0.15) is 0 Å². The number of aromatic nitrogens is 1. The van der Waals surface area contributed by atoms with Gasteiger partial charge in [-0.1, -0.05) is 13.8 Å². The molecule has 96 valence electrons. The van der Waals surface area contributed by atoms with Gasteiger partial charge in [-0.25, -0.2) is 4.98 Å². The minimum absolute atomic E-state index is 0.0213. The number of carbonyl (C=O) groups is 1. The normalized spacial score (nSPS) is 12.4. The van der Waals surface area contributed by atoms with Crippen molar-refractivity contribution < 1.29 is 4.79 Å². The van der Waals surface area contributed by atoms with Crippen LogP contribution < -0.4 is 10.6 Å². The zero-order valence-electron chi connectivity index (χ0n) is 10.7. The highest BCUT2D eigenvalue weighted by Crippen LogP contribution is 2.08. The van der Waals surface area contributed by atoms with Gasteiger partial charge in [0, 0.05) is 36.5 Å². The summed E-state index contributed by atoms with van der Waals surface area (Å²) in [5.41, 5.74) is 1.05. The number of nitrogens with one attached hydrogen (secondary N) is 2. The van der Waals surface area contributed by atoms with Gasteiger partial charge in [0.2, 0.25) is 5.91 Å². The summed E-state index contributed by atoms with van der Waals surface area (Å²) in [6, 6.07) is 0. The van der Waals surface area contributed by atoms with Gasteiger partial charge in [-0.3, -0.25) is 4.79 Å². The van der Waals surface area contributed by atoms with E-state index in [9.17, 15) is 4.79 Å². The quantitative estimate of drug-likeness (QED) is 0.773. The van der Waals surface area contributed by atoms with Crippen molar-refractivity contribution in [3.05, 3.63) is 16.1 Å². The summed E-state index contributed by atoms with van der Waals surface area (Å²) in [5.74, 6) is 0.132. The van der Waals surface area contributed by atoms with Crippen molar-refractivity contribution in [3.63, 3.8) is 0 Å². The van der Waals surface area contributed by atoms with E-state index in [2.05, 4.69) is 15.6 Å². The number of amides is 1. The molecule has 5 heteroatoms. The Balaban J connectivity index is 2.19. The molecule has 4 nitrogen and oxygen atoms in total. The van der Waals surface area contributed by atoms with Crippen LogP contribution in [0.5, 0.6) is 0 Å². The molecule has 0 spiro atoms. The van der Waals surface area contributed by atoms with Crippen molar-refractivity contribution >= 4 is 17.2 Å². The molecule has 1 heterocycles. The maximum absolute atomic E-state index is 11.7. The number of nitrogens with zero attached hydrogens (tertiary/aromatic N) is 1. The Morgan fingerprint density at radius 3 is 2.94 bits per heavy atom. The average molecular weight is 255 g/mol. The number of aryl methyl sites for hydroxylation is 1. The monoisotopic (exact) mass is 255 g/mol. The van der Waals surface area contributed by atoms with Crippen molar-refractivity contribution in [1.29, 1.82) is 0 Å².